The molecular weight excluding hydrogens is 1420 g/mol. The molecule has 4 N–H and O–H groups in total. The number of nitrogens with one attached hydrogen (secondary N) is 1. The van der Waals surface area contributed by atoms with Gasteiger partial charge in [-0.15, -0.1) is 0 Å². The predicted molar refractivity (Wildman–Crippen MR) is 384 cm³/mol. The van der Waals surface area contributed by atoms with E-state index in [9.17, 15) is 14.0 Å². The van der Waals surface area contributed by atoms with Gasteiger partial charge in [0.15, 0.2) is 11.6 Å². The Labute approximate surface area is 572 Å². The number of carboxylic acid groups (broad SMARTS) is 1. The Morgan fingerprint density at radius 1 is 0.543 bits per heavy atom. The Hall–Kier alpha value is -8.60. The summed E-state index contributed by atoms with van der Waals surface area (Å²) >= 11 is 4.24. The highest BCUT2D eigenvalue weighted by atomic mass is 128. The van der Waals surface area contributed by atoms with Gasteiger partial charge in [-0.25, -0.2) is 48.3 Å². The fourth-order valence-electron chi connectivity index (χ4n) is 9.58. The largest absolute Gasteiger partial charge is 0.480 e. The van der Waals surface area contributed by atoms with Gasteiger partial charge < -0.3 is 40.2 Å². The van der Waals surface area contributed by atoms with Crippen LogP contribution in [0.25, 0.3) is 0 Å². The van der Waals surface area contributed by atoms with Crippen molar-refractivity contribution in [1.82, 2.24) is 39.9 Å². The van der Waals surface area contributed by atoms with Gasteiger partial charge in [0, 0.05) is 131 Å². The number of carboxylic acids is 1. The number of halogens is 4. The minimum absolute atomic E-state index is 0.146. The molecule has 3 aromatic carbocycles. The van der Waals surface area contributed by atoms with Gasteiger partial charge in [-0.2, -0.15) is 0 Å². The number of para-hydroxylation sites is 3. The molecular formula is C70H80F2I2N14O6. The van der Waals surface area contributed by atoms with Crippen LogP contribution >= 0.6 is 37.2 Å². The molecule has 494 valence electrons. The fourth-order valence-corrected chi connectivity index (χ4v) is 9.58. The number of pyridine rings is 4. The fraction of sp³-hybridized carbons (Fsp3) is 0.314. The number of aryl methyl sites for hydroxylation is 4. The van der Waals surface area contributed by atoms with Gasteiger partial charge in [0.05, 0.1) is 38.0 Å². The maximum Gasteiger partial charge on any atom is 0.332 e. The van der Waals surface area contributed by atoms with E-state index in [1.165, 1.54) is 5.56 Å². The molecule has 6 aromatic heterocycles. The van der Waals surface area contributed by atoms with Crippen LogP contribution < -0.4 is 30.7 Å². The SMILES string of the molecule is Cc1ccc(N(c2ccccc2)c2cncc(N3CCC(F)(COCC(=O)O)CC3)n2)nc1.Cc1ccc(N(c2ccccc2)c2cncc(N3CCC(F)(COCC(=O)OC(C)(C)C)CC3)n2)nc1.Cc1ccc(N)nc1.Cc1ccc(Nc2ccccc2)nc1.II. The topological polar surface area (TPSA) is 236 Å². The van der Waals surface area contributed by atoms with E-state index in [2.05, 4.69) is 72.5 Å². The van der Waals surface area contributed by atoms with Crippen LogP contribution in [-0.4, -0.2) is 126 Å². The lowest BCUT2D eigenvalue weighted by Crippen LogP contribution is -2.45. The Balaban J connectivity index is 0.000000198. The lowest BCUT2D eigenvalue weighted by molar-refractivity contribution is -0.161. The highest BCUT2D eigenvalue weighted by Crippen LogP contribution is 2.36. The summed E-state index contributed by atoms with van der Waals surface area (Å²) in [7, 11) is 0. The summed E-state index contributed by atoms with van der Waals surface area (Å²) in [5.41, 5.74) is 8.97. The van der Waals surface area contributed by atoms with Crippen LogP contribution in [0.15, 0.2) is 189 Å². The molecule has 0 amide bonds. The number of hydrogen-bond acceptors (Lipinski definition) is 19. The minimum Gasteiger partial charge on any atom is -0.480 e. The smallest absolute Gasteiger partial charge is 0.332 e. The summed E-state index contributed by atoms with van der Waals surface area (Å²) in [5.74, 6) is 3.85. The Bertz CT molecular complexity index is 3690. The summed E-state index contributed by atoms with van der Waals surface area (Å²) in [6.07, 6.45) is 14.9. The Morgan fingerprint density at radius 3 is 1.32 bits per heavy atom. The maximum absolute atomic E-state index is 15.4. The summed E-state index contributed by atoms with van der Waals surface area (Å²) in [6, 6.07) is 45.3. The van der Waals surface area contributed by atoms with Gasteiger partial charge in [-0.3, -0.25) is 19.8 Å². The number of nitrogen functional groups attached to an aromatic ring is 1. The highest BCUT2D eigenvalue weighted by Gasteiger charge is 2.37. The number of piperidine rings is 2. The number of nitrogens with zero attached hydrogens (tertiary/aromatic N) is 12. The summed E-state index contributed by atoms with van der Waals surface area (Å²) in [5, 5.41) is 11.9. The summed E-state index contributed by atoms with van der Waals surface area (Å²) < 4.78 is 46.0. The average Bonchev–Trinajstić information content (AvgIpc) is 0.814. The Kier molecular flexibility index (Phi) is 28.0. The molecule has 2 aliphatic heterocycles. The second-order valence-corrected chi connectivity index (χ2v) is 23.4. The molecule has 24 heteroatoms. The normalized spacial score (nSPS) is 13.7. The third-order valence-corrected chi connectivity index (χ3v) is 14.4. The third-order valence-electron chi connectivity index (χ3n) is 14.4. The minimum atomic E-state index is -1.54. The van der Waals surface area contributed by atoms with Crippen LogP contribution in [0.3, 0.4) is 0 Å². The zero-order valence-electron chi connectivity index (χ0n) is 53.8. The monoisotopic (exact) mass is 1500 g/mol. The lowest BCUT2D eigenvalue weighted by Gasteiger charge is -2.37. The lowest BCUT2D eigenvalue weighted by atomic mass is 9.94. The van der Waals surface area contributed by atoms with E-state index in [-0.39, 0.29) is 45.5 Å². The van der Waals surface area contributed by atoms with Crippen LogP contribution in [0.2, 0.25) is 0 Å². The number of carbonyl (C=O) groups is 2. The zero-order chi connectivity index (χ0) is 67.5. The molecule has 0 bridgehead atoms. The number of aliphatic carboxylic acids is 1. The first-order valence-electron chi connectivity index (χ1n) is 30.4. The quantitative estimate of drug-likeness (QED) is 0.0535. The molecule has 0 unspecified atom stereocenters. The molecule has 94 heavy (non-hydrogen) atoms. The molecule has 9 aromatic rings. The van der Waals surface area contributed by atoms with Crippen LogP contribution in [0.5, 0.6) is 0 Å². The number of rotatable bonds is 18. The van der Waals surface area contributed by atoms with E-state index in [1.807, 2.05) is 193 Å². The summed E-state index contributed by atoms with van der Waals surface area (Å²) in [4.78, 5) is 66.2. The van der Waals surface area contributed by atoms with E-state index in [4.69, 9.17) is 35.0 Å². The van der Waals surface area contributed by atoms with Gasteiger partial charge in [0.2, 0.25) is 0 Å². The molecule has 0 spiro atoms. The number of alkyl halides is 2. The maximum atomic E-state index is 15.4. The van der Waals surface area contributed by atoms with Crippen molar-refractivity contribution in [3.63, 3.8) is 0 Å². The standard InChI is InChI=1S/C28H34FN5O3.C24H26FN5O3.C12H12N2.C6H8N2.I2/c1-21-10-11-23(31-16-21)34(22-8-6-5-7-9-22)25-18-30-17-24(32-25)33-14-12-28(29,13-15-33)20-36-19-26(35)37-27(2,3)4;1-18-7-8-20(27-13-18)30(19-5-3-2-4-6-19)22-15-26-14-21(28-22)29-11-9-24(25,10-12-29)17-33-16-23(31)32;1-10-7-8-12(13-9-10)14-11-5-3-2-4-6-11;1-5-2-3-6(7)8-4-5;1-2/h5-11,16-18H,12-15,19-20H2,1-4H3;2-8,13-15H,9-12,16-17H2,1H3,(H,31,32);2-9H,1H3,(H,13,14);2-4H,1H3,(H2,7,8);. The van der Waals surface area contributed by atoms with Crippen LogP contribution in [-0.2, 0) is 23.8 Å². The van der Waals surface area contributed by atoms with Crippen LogP contribution in [0.1, 0.15) is 68.7 Å². The number of carbonyl (C=O) groups excluding carboxylic acids is 1. The number of anilines is 11. The number of hydrogen-bond donors (Lipinski definition) is 3. The van der Waals surface area contributed by atoms with Crippen LogP contribution in [0, 0.1) is 27.7 Å². The van der Waals surface area contributed by atoms with Crippen molar-refractivity contribution in [1.29, 1.82) is 0 Å². The molecule has 20 nitrogen and oxygen atoms in total. The van der Waals surface area contributed by atoms with Gasteiger partial charge >= 0.3 is 11.9 Å². The van der Waals surface area contributed by atoms with Crippen molar-refractivity contribution in [3.8, 4) is 0 Å². The number of esters is 1. The van der Waals surface area contributed by atoms with Crippen molar-refractivity contribution < 1.29 is 37.7 Å². The van der Waals surface area contributed by atoms with Crippen molar-refractivity contribution in [2.45, 2.75) is 91.1 Å². The van der Waals surface area contributed by atoms with Gasteiger partial charge in [0.1, 0.15) is 65.1 Å². The first-order valence-corrected chi connectivity index (χ1v) is 36.7. The van der Waals surface area contributed by atoms with Crippen molar-refractivity contribution in [2.75, 3.05) is 83.3 Å². The molecule has 2 saturated heterocycles. The van der Waals surface area contributed by atoms with Crippen molar-refractivity contribution in [2.24, 2.45) is 0 Å². The molecule has 0 saturated carbocycles. The molecule has 2 fully saturated rings. The zero-order valence-corrected chi connectivity index (χ0v) is 58.1. The van der Waals surface area contributed by atoms with E-state index in [1.54, 1.807) is 64.0 Å². The average molecular weight is 1510 g/mol. The first kappa shape index (κ1) is 72.8. The van der Waals surface area contributed by atoms with Gasteiger partial charge in [0.25, 0.3) is 0 Å². The predicted octanol–water partition coefficient (Wildman–Crippen LogP) is 15.3. The first-order chi connectivity index (χ1) is 45.2. The third kappa shape index (κ3) is 23.8. The van der Waals surface area contributed by atoms with Crippen LogP contribution in [0.4, 0.5) is 72.4 Å². The highest BCUT2D eigenvalue weighted by molar-refractivity contribution is 15.0. The van der Waals surface area contributed by atoms with E-state index in [0.717, 1.165) is 51.2 Å². The second-order valence-electron chi connectivity index (χ2n) is 23.4. The van der Waals surface area contributed by atoms with E-state index >= 15 is 4.39 Å². The number of benzene rings is 3. The molecule has 2 aliphatic rings. The molecule has 11 rings (SSSR count). The molecule has 0 radical (unpaired) electrons. The van der Waals surface area contributed by atoms with Crippen molar-refractivity contribution >= 4 is 113 Å². The Morgan fingerprint density at radius 2 is 0.947 bits per heavy atom. The van der Waals surface area contributed by atoms with Crippen molar-refractivity contribution in [3.05, 3.63) is 211 Å². The number of aromatic nitrogens is 8. The van der Waals surface area contributed by atoms with E-state index in [0.29, 0.717) is 55.3 Å². The summed E-state index contributed by atoms with van der Waals surface area (Å²) in [6.45, 7) is 14.0. The molecule has 0 aliphatic carbocycles. The number of ether oxygens (including phenoxy) is 3. The molecule has 0 atom stereocenters. The molecule has 8 heterocycles. The van der Waals surface area contributed by atoms with Gasteiger partial charge in [-0.1, -0.05) is 78.9 Å². The second kappa shape index (κ2) is 36.2. The van der Waals surface area contributed by atoms with E-state index < -0.39 is 35.5 Å². The number of nitrogens with two attached hydrogens (primary N) is 1. The van der Waals surface area contributed by atoms with Gasteiger partial charge in [-0.05, 0) is 131 Å².